The number of carbonyl (C=O) groups is 6. The molecule has 0 fully saturated rings. The standard InChI is InChI=1S/C55H62N9O10/c1-4-5-11-45(50(57)68)61-53(71)46(12-7-9-28-58-51(69)33-13-16-35(17-14-33)62-63-36-18-20-37(21-19-36)64(2)3)60-32-47(67)44(56)10-6-8-27-59-52(70)34-15-24-41-40(29-34)54(72)74-55(41)42-25-22-38(65)30-48(42)73-49-31-39(66)23-26-43(49)55/h13-26,29-31,44-46,56,60,65-66H,4-12,27-28,32H2,1-3H3,(H2,57,68)(H,58,69)(H,59,70)(H,61,71)/t44-,45-,46+/m0/s1. The number of ketones is 1. The van der Waals surface area contributed by atoms with Crippen LogP contribution in [0.1, 0.15) is 112 Å². The molecule has 2 heterocycles. The number of carbonyl (C=O) groups excluding carboxylic acids is 6. The van der Waals surface area contributed by atoms with Crippen molar-refractivity contribution in [3.8, 4) is 23.0 Å². The molecule has 3 atom stereocenters. The van der Waals surface area contributed by atoms with Crippen LogP contribution in [0.4, 0.5) is 17.1 Å². The number of azo groups is 1. The predicted octanol–water partition coefficient (Wildman–Crippen LogP) is 6.99. The van der Waals surface area contributed by atoms with Crippen molar-refractivity contribution in [1.82, 2.24) is 27.0 Å². The molecule has 387 valence electrons. The van der Waals surface area contributed by atoms with Crippen molar-refractivity contribution in [3.63, 3.8) is 0 Å². The fourth-order valence-electron chi connectivity index (χ4n) is 8.81. The molecule has 0 saturated carbocycles. The van der Waals surface area contributed by atoms with Gasteiger partial charge in [-0.3, -0.25) is 29.3 Å². The number of esters is 1. The highest BCUT2D eigenvalue weighted by Gasteiger charge is 2.54. The molecule has 7 rings (SSSR count). The number of benzene rings is 5. The highest BCUT2D eigenvalue weighted by atomic mass is 16.6. The van der Waals surface area contributed by atoms with E-state index in [4.69, 9.17) is 20.9 Å². The van der Waals surface area contributed by atoms with Gasteiger partial charge in [-0.15, -0.1) is 0 Å². The number of nitrogens with one attached hydrogen (secondary N) is 5. The molecule has 0 aromatic heterocycles. The highest BCUT2D eigenvalue weighted by Crippen LogP contribution is 2.57. The topological polar surface area (TPSA) is 287 Å². The van der Waals surface area contributed by atoms with Gasteiger partial charge in [-0.1, -0.05) is 25.8 Å². The van der Waals surface area contributed by atoms with Gasteiger partial charge in [0, 0.05) is 72.8 Å². The number of aromatic hydroxyl groups is 2. The Balaban J connectivity index is 0.866. The van der Waals surface area contributed by atoms with Gasteiger partial charge < -0.3 is 46.3 Å². The molecule has 2 aliphatic heterocycles. The van der Waals surface area contributed by atoms with Crippen molar-refractivity contribution in [2.75, 3.05) is 38.6 Å². The Morgan fingerprint density at radius 3 is 1.81 bits per heavy atom. The number of phenolic OH excluding ortho intramolecular Hbond substituents is 2. The third-order valence-electron chi connectivity index (χ3n) is 13.0. The summed E-state index contributed by atoms with van der Waals surface area (Å²) in [4.78, 5) is 80.6. The minimum atomic E-state index is -1.46. The summed E-state index contributed by atoms with van der Waals surface area (Å²) in [5.41, 5.74) is 17.2. The molecule has 0 aliphatic carbocycles. The Hall–Kier alpha value is -8.16. The zero-order valence-corrected chi connectivity index (χ0v) is 41.6. The summed E-state index contributed by atoms with van der Waals surface area (Å²) in [7, 11) is 3.91. The number of amides is 4. The first-order valence-electron chi connectivity index (χ1n) is 24.7. The fraction of sp³-hybridized carbons (Fsp3) is 0.345. The number of hydrogen-bond acceptors (Lipinski definition) is 14. The van der Waals surface area contributed by atoms with E-state index < -0.39 is 53.2 Å². The number of nitrogens with zero attached hydrogens (tertiary/aromatic N) is 3. The molecular weight excluding hydrogens is 947 g/mol. The molecule has 4 amide bonds. The van der Waals surface area contributed by atoms with Gasteiger partial charge in [0.1, 0.15) is 29.0 Å². The predicted molar refractivity (Wildman–Crippen MR) is 276 cm³/mol. The number of hydrogen-bond donors (Lipinski definition) is 7. The van der Waals surface area contributed by atoms with E-state index in [1.54, 1.807) is 48.5 Å². The maximum absolute atomic E-state index is 13.5. The molecule has 19 nitrogen and oxygen atoms in total. The van der Waals surface area contributed by atoms with E-state index in [1.807, 2.05) is 50.2 Å². The molecule has 74 heavy (non-hydrogen) atoms. The normalized spacial score (nSPS) is 14.1. The van der Waals surface area contributed by atoms with Gasteiger partial charge in [0.2, 0.25) is 11.8 Å². The summed E-state index contributed by atoms with van der Waals surface area (Å²) in [5.74, 6) is -2.67. The van der Waals surface area contributed by atoms with Crippen LogP contribution < -0.4 is 42.4 Å². The van der Waals surface area contributed by atoms with Crippen LogP contribution in [0.15, 0.2) is 113 Å². The summed E-state index contributed by atoms with van der Waals surface area (Å²) in [6.07, 6.45) is 4.16. The van der Waals surface area contributed by atoms with E-state index in [1.165, 1.54) is 30.3 Å². The highest BCUT2D eigenvalue weighted by molar-refractivity contribution is 6.02. The van der Waals surface area contributed by atoms with Crippen molar-refractivity contribution in [3.05, 3.63) is 137 Å². The molecule has 0 unspecified atom stereocenters. The molecule has 19 heteroatoms. The molecule has 5 aromatic rings. The Labute approximate surface area is 429 Å². The molecular formula is C55H62N9O10. The number of unbranched alkanes of at least 4 members (excludes halogenated alkanes) is 3. The molecule has 1 radical (unpaired) electrons. The van der Waals surface area contributed by atoms with Crippen LogP contribution in [0.3, 0.4) is 0 Å². The largest absolute Gasteiger partial charge is 0.508 e. The number of nitrogens with two attached hydrogens (primary N) is 1. The Kier molecular flexibility index (Phi) is 17.8. The van der Waals surface area contributed by atoms with Crippen LogP contribution in [0.5, 0.6) is 23.0 Å². The smallest absolute Gasteiger partial charge is 0.340 e. The molecule has 0 saturated heterocycles. The van der Waals surface area contributed by atoms with Crippen molar-refractivity contribution in [1.29, 1.82) is 0 Å². The maximum Gasteiger partial charge on any atom is 0.340 e. The van der Waals surface area contributed by atoms with Gasteiger partial charge in [0.25, 0.3) is 11.8 Å². The first-order chi connectivity index (χ1) is 35.6. The summed E-state index contributed by atoms with van der Waals surface area (Å²) >= 11 is 0. The summed E-state index contributed by atoms with van der Waals surface area (Å²) in [5, 5.41) is 40.4. The van der Waals surface area contributed by atoms with E-state index in [0.29, 0.717) is 78.7 Å². The second-order valence-corrected chi connectivity index (χ2v) is 18.5. The minimum absolute atomic E-state index is 0.0711. The number of Topliss-reactive ketones (excluding diaryl/α,β-unsaturated/α-hetero) is 1. The van der Waals surface area contributed by atoms with Crippen LogP contribution in [0.25, 0.3) is 0 Å². The van der Waals surface area contributed by atoms with E-state index in [0.717, 1.165) is 12.1 Å². The lowest BCUT2D eigenvalue weighted by Gasteiger charge is -2.36. The fourth-order valence-corrected chi connectivity index (χ4v) is 8.81. The first kappa shape index (κ1) is 53.6. The van der Waals surface area contributed by atoms with Gasteiger partial charge in [-0.05, 0) is 130 Å². The summed E-state index contributed by atoms with van der Waals surface area (Å²) < 4.78 is 12.1. The number of ether oxygens (including phenoxy) is 2. The van der Waals surface area contributed by atoms with Crippen molar-refractivity contribution >= 4 is 52.4 Å². The Morgan fingerprint density at radius 1 is 0.689 bits per heavy atom. The van der Waals surface area contributed by atoms with Gasteiger partial charge in [-0.2, -0.15) is 10.2 Å². The SMILES string of the molecule is CCCC[C@H](NC(=O)[C@@H](CCCCNC(=O)c1ccc(N=Nc2ccc(N(C)C)cc2)cc1)NCC(=O)[C@@H]([NH])CCCCNC(=O)c1ccc2c(c1)C(=O)OC21c2ccc(O)cc2Oc2cc(O)ccc21)C(N)=O. The second-order valence-electron chi connectivity index (χ2n) is 18.5. The lowest BCUT2D eigenvalue weighted by Crippen LogP contribution is -2.53. The number of fused-ring (bicyclic) bond motifs is 6. The molecule has 2 aliphatic rings. The molecule has 1 spiro atoms. The van der Waals surface area contributed by atoms with Crippen molar-refractivity contribution < 1.29 is 48.5 Å². The number of anilines is 1. The first-order valence-corrected chi connectivity index (χ1v) is 24.7. The summed E-state index contributed by atoms with van der Waals surface area (Å²) in [6.45, 7) is 2.22. The lowest BCUT2D eigenvalue weighted by atomic mass is 9.77. The zero-order chi connectivity index (χ0) is 52.9. The quantitative estimate of drug-likeness (QED) is 0.0177. The van der Waals surface area contributed by atoms with Crippen LogP contribution >= 0.6 is 0 Å². The van der Waals surface area contributed by atoms with Gasteiger partial charge in [0.15, 0.2) is 11.4 Å². The monoisotopic (exact) mass is 1010 g/mol. The summed E-state index contributed by atoms with van der Waals surface area (Å²) in [6, 6.07) is 25.0. The third-order valence-corrected chi connectivity index (χ3v) is 13.0. The molecule has 9 N–H and O–H groups in total. The van der Waals surface area contributed by atoms with Gasteiger partial charge >= 0.3 is 5.97 Å². The lowest BCUT2D eigenvalue weighted by molar-refractivity contribution is -0.129. The average molecular weight is 1010 g/mol. The van der Waals surface area contributed by atoms with E-state index in [2.05, 4.69) is 31.5 Å². The van der Waals surface area contributed by atoms with E-state index in [-0.39, 0.29) is 66.0 Å². The van der Waals surface area contributed by atoms with Gasteiger partial charge in [0.05, 0.1) is 35.6 Å². The molecule has 5 aromatic carbocycles. The number of primary amides is 1. The van der Waals surface area contributed by atoms with Gasteiger partial charge in [-0.25, -0.2) is 10.5 Å². The average Bonchev–Trinajstić information content (AvgIpc) is 3.67. The minimum Gasteiger partial charge on any atom is -0.508 e. The van der Waals surface area contributed by atoms with E-state index >= 15 is 0 Å². The Bertz CT molecular complexity index is 2840. The Morgan fingerprint density at radius 2 is 1.23 bits per heavy atom. The van der Waals surface area contributed by atoms with Crippen LogP contribution in [0.2, 0.25) is 0 Å². The van der Waals surface area contributed by atoms with Crippen LogP contribution in [-0.2, 0) is 24.7 Å². The maximum atomic E-state index is 13.5. The van der Waals surface area contributed by atoms with Crippen LogP contribution in [-0.4, -0.2) is 97.4 Å². The van der Waals surface area contributed by atoms with Crippen molar-refractivity contribution in [2.24, 2.45) is 16.0 Å². The third kappa shape index (κ3) is 12.9. The van der Waals surface area contributed by atoms with Crippen molar-refractivity contribution in [2.45, 2.75) is 88.4 Å². The zero-order valence-electron chi connectivity index (χ0n) is 41.6. The number of rotatable bonds is 25. The van der Waals surface area contributed by atoms with E-state index in [9.17, 15) is 39.0 Å². The van der Waals surface area contributed by atoms with Crippen LogP contribution in [0, 0.1) is 0 Å². The molecule has 0 bridgehead atoms. The second kappa shape index (κ2) is 24.5. The number of phenols is 2.